The van der Waals surface area contributed by atoms with Crippen molar-refractivity contribution in [1.29, 1.82) is 0 Å². The van der Waals surface area contributed by atoms with E-state index in [-0.39, 0.29) is 11.9 Å². The van der Waals surface area contributed by atoms with Gasteiger partial charge in [0.05, 0.1) is 6.04 Å². The van der Waals surface area contributed by atoms with Crippen molar-refractivity contribution in [2.45, 2.75) is 51.5 Å². The van der Waals surface area contributed by atoms with Crippen LogP contribution < -0.4 is 10.6 Å². The zero-order chi connectivity index (χ0) is 15.1. The largest absolute Gasteiger partial charge is 0.355 e. The molecule has 3 nitrogen and oxygen atoms in total. The van der Waals surface area contributed by atoms with Crippen LogP contribution in [0.15, 0.2) is 30.3 Å². The highest BCUT2D eigenvalue weighted by Crippen LogP contribution is 2.20. The number of carbonyl (C=O) groups is 1. The van der Waals surface area contributed by atoms with Crippen LogP contribution in [0.5, 0.6) is 0 Å². The number of hydrogen-bond acceptors (Lipinski definition) is 2. The quantitative estimate of drug-likeness (QED) is 0.844. The maximum absolute atomic E-state index is 12.2. The summed E-state index contributed by atoms with van der Waals surface area (Å²) in [6.45, 7) is 6.15. The average Bonchev–Trinajstić information content (AvgIpc) is 2.55. The minimum absolute atomic E-state index is 0.00994. The molecule has 3 heteroatoms. The molecule has 0 radical (unpaired) electrons. The number of benzene rings is 1. The highest BCUT2D eigenvalue weighted by atomic mass is 16.2. The van der Waals surface area contributed by atoms with E-state index < -0.39 is 0 Å². The van der Waals surface area contributed by atoms with E-state index in [9.17, 15) is 4.79 Å². The number of piperidine rings is 1. The summed E-state index contributed by atoms with van der Waals surface area (Å²) in [5, 5.41) is 6.44. The van der Waals surface area contributed by atoms with Gasteiger partial charge in [0.25, 0.3) is 0 Å². The van der Waals surface area contributed by atoms with Gasteiger partial charge in [-0.3, -0.25) is 4.79 Å². The Bertz CT molecular complexity index is 432. The first-order valence-electron chi connectivity index (χ1n) is 8.26. The van der Waals surface area contributed by atoms with Gasteiger partial charge in [-0.05, 0) is 43.2 Å². The molecule has 2 N–H and O–H groups in total. The molecule has 1 aliphatic rings. The van der Waals surface area contributed by atoms with Crippen molar-refractivity contribution in [3.05, 3.63) is 35.9 Å². The van der Waals surface area contributed by atoms with Crippen LogP contribution in [0.1, 0.15) is 51.0 Å². The lowest BCUT2D eigenvalue weighted by Gasteiger charge is -2.29. The molecule has 1 heterocycles. The van der Waals surface area contributed by atoms with Crippen LogP contribution >= 0.6 is 0 Å². The molecular formula is C18H28N2O. The maximum Gasteiger partial charge on any atom is 0.237 e. The molecule has 0 saturated carbocycles. The first kappa shape index (κ1) is 16.0. The summed E-state index contributed by atoms with van der Waals surface area (Å²) < 4.78 is 0. The second-order valence-electron chi connectivity index (χ2n) is 6.20. The average molecular weight is 288 g/mol. The van der Waals surface area contributed by atoms with Gasteiger partial charge in [-0.2, -0.15) is 0 Å². The van der Waals surface area contributed by atoms with Crippen LogP contribution in [0.2, 0.25) is 0 Å². The fourth-order valence-electron chi connectivity index (χ4n) is 3.05. The van der Waals surface area contributed by atoms with E-state index in [1.165, 1.54) is 18.4 Å². The van der Waals surface area contributed by atoms with Crippen molar-refractivity contribution in [3.63, 3.8) is 0 Å². The van der Waals surface area contributed by atoms with Crippen molar-refractivity contribution < 1.29 is 4.79 Å². The van der Waals surface area contributed by atoms with E-state index in [1.54, 1.807) is 0 Å². The van der Waals surface area contributed by atoms with Gasteiger partial charge in [-0.25, -0.2) is 0 Å². The molecule has 0 bridgehead atoms. The molecule has 0 aromatic heterocycles. The number of carbonyl (C=O) groups excluding carboxylic acids is 1. The van der Waals surface area contributed by atoms with E-state index in [2.05, 4.69) is 48.7 Å². The van der Waals surface area contributed by atoms with E-state index in [1.807, 2.05) is 6.07 Å². The topological polar surface area (TPSA) is 41.1 Å². The van der Waals surface area contributed by atoms with Crippen LogP contribution in [-0.2, 0) is 4.79 Å². The van der Waals surface area contributed by atoms with Gasteiger partial charge in [0.2, 0.25) is 5.91 Å². The normalized spacial score (nSPS) is 23.5. The van der Waals surface area contributed by atoms with Crippen molar-refractivity contribution in [3.8, 4) is 0 Å². The lowest BCUT2D eigenvalue weighted by atomic mass is 9.90. The molecule has 3 atom stereocenters. The third kappa shape index (κ3) is 4.85. The van der Waals surface area contributed by atoms with Gasteiger partial charge < -0.3 is 10.6 Å². The summed E-state index contributed by atoms with van der Waals surface area (Å²) in [6, 6.07) is 10.5. The Labute approximate surface area is 128 Å². The summed E-state index contributed by atoms with van der Waals surface area (Å²) >= 11 is 0. The Morgan fingerprint density at radius 3 is 2.86 bits per heavy atom. The molecule has 1 aliphatic heterocycles. The van der Waals surface area contributed by atoms with Crippen LogP contribution in [0, 0.1) is 5.92 Å². The molecule has 1 fully saturated rings. The molecule has 0 aliphatic carbocycles. The fourth-order valence-corrected chi connectivity index (χ4v) is 3.05. The van der Waals surface area contributed by atoms with Crippen molar-refractivity contribution in [2.24, 2.45) is 5.92 Å². The summed E-state index contributed by atoms with van der Waals surface area (Å²) in [6.07, 6.45) is 4.35. The summed E-state index contributed by atoms with van der Waals surface area (Å²) in [7, 11) is 0. The minimum atomic E-state index is 0.00994. The summed E-state index contributed by atoms with van der Waals surface area (Å²) in [5.74, 6) is 1.35. The Hall–Kier alpha value is -1.35. The number of amides is 1. The first-order chi connectivity index (χ1) is 10.2. The van der Waals surface area contributed by atoms with Crippen molar-refractivity contribution in [2.75, 3.05) is 13.1 Å². The molecular weight excluding hydrogens is 260 g/mol. The van der Waals surface area contributed by atoms with Crippen LogP contribution in [0.4, 0.5) is 0 Å². The molecule has 0 spiro atoms. The van der Waals surface area contributed by atoms with E-state index >= 15 is 0 Å². The van der Waals surface area contributed by atoms with Gasteiger partial charge >= 0.3 is 0 Å². The lowest BCUT2D eigenvalue weighted by Crippen LogP contribution is -2.48. The Balaban J connectivity index is 1.72. The smallest absolute Gasteiger partial charge is 0.237 e. The van der Waals surface area contributed by atoms with Gasteiger partial charge in [0.1, 0.15) is 0 Å². The van der Waals surface area contributed by atoms with E-state index in [0.29, 0.717) is 11.8 Å². The third-order valence-corrected chi connectivity index (χ3v) is 4.65. The van der Waals surface area contributed by atoms with Gasteiger partial charge in [-0.1, -0.05) is 50.6 Å². The molecule has 1 saturated heterocycles. The Morgan fingerprint density at radius 1 is 1.38 bits per heavy atom. The fraction of sp³-hybridized carbons (Fsp3) is 0.611. The molecule has 1 aromatic carbocycles. The second-order valence-corrected chi connectivity index (χ2v) is 6.20. The first-order valence-corrected chi connectivity index (χ1v) is 8.26. The number of nitrogens with one attached hydrogen (secondary N) is 2. The van der Waals surface area contributed by atoms with Gasteiger partial charge in [0, 0.05) is 6.54 Å². The highest BCUT2D eigenvalue weighted by molar-refractivity contribution is 5.81. The zero-order valence-electron chi connectivity index (χ0n) is 13.3. The second kappa shape index (κ2) is 8.18. The zero-order valence-corrected chi connectivity index (χ0v) is 13.3. The summed E-state index contributed by atoms with van der Waals surface area (Å²) in [4.78, 5) is 12.2. The lowest BCUT2D eigenvalue weighted by molar-refractivity contribution is -0.124. The molecule has 1 aromatic rings. The predicted octanol–water partition coefficient (Wildman–Crippen LogP) is 3.07. The number of rotatable bonds is 6. The van der Waals surface area contributed by atoms with Crippen LogP contribution in [0.3, 0.4) is 0 Å². The SMILES string of the molecule is CCC1CCNC(C(=O)NCCC(C)c2ccccc2)C1. The predicted molar refractivity (Wildman–Crippen MR) is 87.3 cm³/mol. The van der Waals surface area contributed by atoms with E-state index in [0.717, 1.165) is 25.9 Å². The molecule has 1 amide bonds. The van der Waals surface area contributed by atoms with Crippen molar-refractivity contribution in [1.82, 2.24) is 10.6 Å². The minimum Gasteiger partial charge on any atom is -0.355 e. The van der Waals surface area contributed by atoms with E-state index in [4.69, 9.17) is 0 Å². The maximum atomic E-state index is 12.2. The van der Waals surface area contributed by atoms with Gasteiger partial charge in [-0.15, -0.1) is 0 Å². The Morgan fingerprint density at radius 2 is 2.14 bits per heavy atom. The Kier molecular flexibility index (Phi) is 6.24. The van der Waals surface area contributed by atoms with Crippen LogP contribution in [-0.4, -0.2) is 25.0 Å². The summed E-state index contributed by atoms with van der Waals surface area (Å²) in [5.41, 5.74) is 1.34. The number of hydrogen-bond donors (Lipinski definition) is 2. The highest BCUT2D eigenvalue weighted by Gasteiger charge is 2.25. The molecule has 3 unspecified atom stereocenters. The molecule has 2 rings (SSSR count). The molecule has 21 heavy (non-hydrogen) atoms. The van der Waals surface area contributed by atoms with Crippen molar-refractivity contribution >= 4 is 5.91 Å². The third-order valence-electron chi connectivity index (χ3n) is 4.65. The monoisotopic (exact) mass is 288 g/mol. The van der Waals surface area contributed by atoms with Crippen LogP contribution in [0.25, 0.3) is 0 Å². The van der Waals surface area contributed by atoms with Gasteiger partial charge in [0.15, 0.2) is 0 Å². The molecule has 116 valence electrons. The standard InChI is InChI=1S/C18H28N2O/c1-3-15-10-12-19-17(13-15)18(21)20-11-9-14(2)16-7-5-4-6-8-16/h4-8,14-15,17,19H,3,9-13H2,1-2H3,(H,20,21).